The van der Waals surface area contributed by atoms with Crippen molar-refractivity contribution < 1.29 is 9.90 Å². The molecule has 0 atom stereocenters. The minimum absolute atomic E-state index is 0.314. The highest BCUT2D eigenvalue weighted by molar-refractivity contribution is 6.31. The molecule has 0 bridgehead atoms. The van der Waals surface area contributed by atoms with Crippen molar-refractivity contribution in [2.75, 3.05) is 7.05 Å². The molecule has 0 amide bonds. The molecule has 2 rings (SSSR count). The van der Waals surface area contributed by atoms with E-state index in [0.717, 1.165) is 22.7 Å². The molecule has 20 heavy (non-hydrogen) atoms. The van der Waals surface area contributed by atoms with Crippen LogP contribution in [0, 0.1) is 0 Å². The van der Waals surface area contributed by atoms with E-state index in [4.69, 9.17) is 16.7 Å². The van der Waals surface area contributed by atoms with E-state index >= 15 is 0 Å². The molecule has 0 aliphatic rings. The quantitative estimate of drug-likeness (QED) is 0.913. The van der Waals surface area contributed by atoms with E-state index in [9.17, 15) is 4.79 Å². The van der Waals surface area contributed by atoms with Crippen LogP contribution in [0.4, 0.5) is 0 Å². The zero-order valence-electron chi connectivity index (χ0n) is 11.2. The van der Waals surface area contributed by atoms with Crippen molar-refractivity contribution >= 4 is 17.6 Å². The molecule has 0 radical (unpaired) electrons. The topological polar surface area (TPSA) is 40.5 Å². The summed E-state index contributed by atoms with van der Waals surface area (Å²) in [6.45, 7) is 1.39. The van der Waals surface area contributed by atoms with Gasteiger partial charge in [0.25, 0.3) is 0 Å². The normalized spacial score (nSPS) is 10.8. The number of carbonyl (C=O) groups is 1. The van der Waals surface area contributed by atoms with Crippen molar-refractivity contribution in [3.63, 3.8) is 0 Å². The zero-order valence-corrected chi connectivity index (χ0v) is 12.0. The van der Waals surface area contributed by atoms with Crippen LogP contribution in [0.15, 0.2) is 48.5 Å². The molecule has 0 fully saturated rings. The SMILES string of the molecule is CN(Cc1cccc(C(=O)O)c1)Cc1ccccc1Cl. The lowest BCUT2D eigenvalue weighted by Gasteiger charge is -2.17. The molecule has 0 saturated carbocycles. The Morgan fingerprint density at radius 1 is 1.15 bits per heavy atom. The molecule has 0 heterocycles. The Labute approximate surface area is 123 Å². The Kier molecular flexibility index (Phi) is 4.77. The summed E-state index contributed by atoms with van der Waals surface area (Å²) in [5, 5.41) is 9.73. The molecule has 104 valence electrons. The van der Waals surface area contributed by atoms with Gasteiger partial charge in [0.1, 0.15) is 0 Å². The van der Waals surface area contributed by atoms with Crippen LogP contribution in [0.25, 0.3) is 0 Å². The Balaban J connectivity index is 2.05. The Hall–Kier alpha value is -1.84. The fraction of sp³-hybridized carbons (Fsp3) is 0.188. The lowest BCUT2D eigenvalue weighted by Crippen LogP contribution is -2.17. The average Bonchev–Trinajstić information content (AvgIpc) is 2.41. The number of rotatable bonds is 5. The molecule has 2 aromatic rings. The number of hydrogen-bond donors (Lipinski definition) is 1. The van der Waals surface area contributed by atoms with Gasteiger partial charge in [-0.3, -0.25) is 4.90 Å². The third-order valence-electron chi connectivity index (χ3n) is 3.02. The standard InChI is InChI=1S/C16H16ClNO2/c1-18(11-14-6-2-3-8-15(14)17)10-12-5-4-7-13(9-12)16(19)20/h2-9H,10-11H2,1H3,(H,19,20). The summed E-state index contributed by atoms with van der Waals surface area (Å²) in [7, 11) is 1.98. The molecule has 2 aromatic carbocycles. The maximum Gasteiger partial charge on any atom is 0.335 e. The number of halogens is 1. The second-order valence-electron chi connectivity index (χ2n) is 4.77. The van der Waals surface area contributed by atoms with E-state index in [2.05, 4.69) is 4.90 Å². The smallest absolute Gasteiger partial charge is 0.335 e. The monoisotopic (exact) mass is 289 g/mol. The van der Waals surface area contributed by atoms with Gasteiger partial charge in [0.15, 0.2) is 0 Å². The summed E-state index contributed by atoms with van der Waals surface area (Å²) in [5.74, 6) is -0.902. The van der Waals surface area contributed by atoms with Gasteiger partial charge in [-0.2, -0.15) is 0 Å². The summed E-state index contributed by atoms with van der Waals surface area (Å²) in [6, 6.07) is 14.7. The van der Waals surface area contributed by atoms with Crippen LogP contribution in [-0.2, 0) is 13.1 Å². The molecule has 0 unspecified atom stereocenters. The van der Waals surface area contributed by atoms with Gasteiger partial charge in [-0.05, 0) is 36.4 Å². The van der Waals surface area contributed by atoms with Crippen LogP contribution in [0.2, 0.25) is 5.02 Å². The predicted molar refractivity (Wildman–Crippen MR) is 80.0 cm³/mol. The minimum Gasteiger partial charge on any atom is -0.478 e. The highest BCUT2D eigenvalue weighted by Gasteiger charge is 2.07. The highest BCUT2D eigenvalue weighted by Crippen LogP contribution is 2.17. The van der Waals surface area contributed by atoms with Gasteiger partial charge in [-0.1, -0.05) is 41.9 Å². The molecule has 0 aliphatic heterocycles. The van der Waals surface area contributed by atoms with Crippen molar-refractivity contribution in [1.29, 1.82) is 0 Å². The fourth-order valence-corrected chi connectivity index (χ4v) is 2.28. The third-order valence-corrected chi connectivity index (χ3v) is 3.39. The molecule has 0 spiro atoms. The van der Waals surface area contributed by atoms with Gasteiger partial charge >= 0.3 is 5.97 Å². The van der Waals surface area contributed by atoms with E-state index in [1.807, 2.05) is 37.4 Å². The predicted octanol–water partition coefficient (Wildman–Crippen LogP) is 3.67. The number of carboxylic acid groups (broad SMARTS) is 1. The number of nitrogens with zero attached hydrogens (tertiary/aromatic N) is 1. The maximum atomic E-state index is 10.9. The Morgan fingerprint density at radius 2 is 1.90 bits per heavy atom. The van der Waals surface area contributed by atoms with Crippen LogP contribution in [0.3, 0.4) is 0 Å². The first kappa shape index (κ1) is 14.6. The summed E-state index contributed by atoms with van der Waals surface area (Å²) < 4.78 is 0. The van der Waals surface area contributed by atoms with Gasteiger partial charge in [-0.25, -0.2) is 4.79 Å². The largest absolute Gasteiger partial charge is 0.478 e. The van der Waals surface area contributed by atoms with Gasteiger partial charge < -0.3 is 5.11 Å². The summed E-state index contributed by atoms with van der Waals surface area (Å²) in [6.07, 6.45) is 0. The molecule has 3 nitrogen and oxygen atoms in total. The number of aromatic carboxylic acids is 1. The molecule has 0 saturated heterocycles. The van der Waals surface area contributed by atoms with Crippen LogP contribution >= 0.6 is 11.6 Å². The van der Waals surface area contributed by atoms with E-state index < -0.39 is 5.97 Å². The highest BCUT2D eigenvalue weighted by atomic mass is 35.5. The van der Waals surface area contributed by atoms with Crippen LogP contribution in [0.1, 0.15) is 21.5 Å². The van der Waals surface area contributed by atoms with Crippen molar-refractivity contribution in [3.05, 3.63) is 70.2 Å². The maximum absolute atomic E-state index is 10.9. The third kappa shape index (κ3) is 3.83. The Morgan fingerprint density at radius 3 is 2.60 bits per heavy atom. The molecular weight excluding hydrogens is 274 g/mol. The van der Waals surface area contributed by atoms with E-state index in [0.29, 0.717) is 12.1 Å². The first-order chi connectivity index (χ1) is 9.56. The summed E-state index contributed by atoms with van der Waals surface area (Å²) in [4.78, 5) is 13.0. The summed E-state index contributed by atoms with van der Waals surface area (Å²) in [5.41, 5.74) is 2.35. The molecule has 4 heteroatoms. The minimum atomic E-state index is -0.902. The van der Waals surface area contributed by atoms with Gasteiger partial charge in [0, 0.05) is 18.1 Å². The van der Waals surface area contributed by atoms with Crippen molar-refractivity contribution in [3.8, 4) is 0 Å². The van der Waals surface area contributed by atoms with E-state index in [1.165, 1.54) is 0 Å². The van der Waals surface area contributed by atoms with E-state index in [-0.39, 0.29) is 0 Å². The lowest BCUT2D eigenvalue weighted by atomic mass is 10.1. The second kappa shape index (κ2) is 6.55. The first-order valence-electron chi connectivity index (χ1n) is 6.30. The van der Waals surface area contributed by atoms with E-state index in [1.54, 1.807) is 18.2 Å². The zero-order chi connectivity index (χ0) is 14.5. The number of carboxylic acids is 1. The second-order valence-corrected chi connectivity index (χ2v) is 5.18. The molecule has 0 aliphatic carbocycles. The van der Waals surface area contributed by atoms with Crippen molar-refractivity contribution in [1.82, 2.24) is 4.90 Å². The van der Waals surface area contributed by atoms with Crippen LogP contribution in [0.5, 0.6) is 0 Å². The van der Waals surface area contributed by atoms with Gasteiger partial charge in [-0.15, -0.1) is 0 Å². The van der Waals surface area contributed by atoms with Gasteiger partial charge in [0.05, 0.1) is 5.56 Å². The summed E-state index contributed by atoms with van der Waals surface area (Å²) >= 11 is 6.13. The van der Waals surface area contributed by atoms with Crippen molar-refractivity contribution in [2.45, 2.75) is 13.1 Å². The fourth-order valence-electron chi connectivity index (χ4n) is 2.09. The lowest BCUT2D eigenvalue weighted by molar-refractivity contribution is 0.0696. The van der Waals surface area contributed by atoms with Crippen LogP contribution < -0.4 is 0 Å². The first-order valence-corrected chi connectivity index (χ1v) is 6.68. The Bertz CT molecular complexity index is 613. The number of hydrogen-bond acceptors (Lipinski definition) is 2. The van der Waals surface area contributed by atoms with Crippen molar-refractivity contribution in [2.24, 2.45) is 0 Å². The van der Waals surface area contributed by atoms with Gasteiger partial charge in [0.2, 0.25) is 0 Å². The molecular formula is C16H16ClNO2. The molecule has 1 N–H and O–H groups in total. The molecule has 0 aromatic heterocycles. The van der Waals surface area contributed by atoms with Crippen LogP contribution in [-0.4, -0.2) is 23.0 Å². The number of benzene rings is 2. The average molecular weight is 290 g/mol.